The van der Waals surface area contributed by atoms with E-state index in [4.69, 9.17) is 17.0 Å². The van der Waals surface area contributed by atoms with Gasteiger partial charge in [-0.05, 0) is 47.9 Å². The SMILES string of the molecule is CCC(=O)N[B]NC(=O)CC.Cc1ccccc1-c1cccc2[cH-]c(C(C)C)cc12.Cc1ccccc1-c1cccc2[cH-]c(C(C)C)cc12.[Cl][Zr+2][Cl]. The normalized spacial score (nSPS) is 10.3. The van der Waals surface area contributed by atoms with E-state index in [1.165, 1.54) is 73.6 Å². The number of hydrogen-bond donors (Lipinski definition) is 2. The molecule has 0 aliphatic rings. The van der Waals surface area contributed by atoms with Crippen LogP contribution in [-0.4, -0.2) is 19.4 Å². The topological polar surface area (TPSA) is 58.2 Å². The van der Waals surface area contributed by atoms with Crippen LogP contribution >= 0.6 is 17.0 Å². The minimum atomic E-state index is -0.826. The summed E-state index contributed by atoms with van der Waals surface area (Å²) in [5, 5.41) is 10.3. The van der Waals surface area contributed by atoms with Gasteiger partial charge in [0.1, 0.15) is 0 Å². The molecule has 0 unspecified atom stereocenters. The van der Waals surface area contributed by atoms with E-state index < -0.39 is 20.8 Å². The van der Waals surface area contributed by atoms with Crippen molar-refractivity contribution in [3.63, 3.8) is 0 Å². The Bertz CT molecular complexity index is 1890. The zero-order valence-electron chi connectivity index (χ0n) is 31.6. The molecule has 6 rings (SSSR count). The second-order valence-corrected chi connectivity index (χ2v) is 16.9. The molecule has 269 valence electrons. The van der Waals surface area contributed by atoms with Gasteiger partial charge in [-0.25, -0.2) is 0 Å². The van der Waals surface area contributed by atoms with Gasteiger partial charge in [0, 0.05) is 12.8 Å². The van der Waals surface area contributed by atoms with Crippen molar-refractivity contribution in [3.05, 3.63) is 131 Å². The molecule has 6 aromatic rings. The van der Waals surface area contributed by atoms with Crippen LogP contribution in [0.25, 0.3) is 43.8 Å². The summed E-state index contributed by atoms with van der Waals surface area (Å²) < 4.78 is 0. The molecule has 0 saturated carbocycles. The molecule has 0 aliphatic carbocycles. The fraction of sp³-hybridized carbons (Fsp3) is 0.273. The summed E-state index contributed by atoms with van der Waals surface area (Å²) in [6, 6.07) is 39.8. The van der Waals surface area contributed by atoms with E-state index in [0.29, 0.717) is 24.7 Å². The second-order valence-electron chi connectivity index (χ2n) is 13.2. The van der Waals surface area contributed by atoms with Gasteiger partial charge in [0.15, 0.2) is 0 Å². The molecule has 0 bridgehead atoms. The van der Waals surface area contributed by atoms with Gasteiger partial charge in [-0.15, -0.1) is 69.1 Å². The summed E-state index contributed by atoms with van der Waals surface area (Å²) in [5.41, 5.74) is 10.9. The quantitative estimate of drug-likeness (QED) is 0.119. The number of fused-ring (bicyclic) bond motifs is 2. The fourth-order valence-electron chi connectivity index (χ4n) is 5.80. The first-order valence-corrected chi connectivity index (χ1v) is 24.2. The summed E-state index contributed by atoms with van der Waals surface area (Å²) in [5.74, 6) is 0.942. The Hall–Kier alpha value is -3.43. The predicted molar refractivity (Wildman–Crippen MR) is 222 cm³/mol. The first-order valence-electron chi connectivity index (χ1n) is 17.8. The third kappa shape index (κ3) is 12.3. The molecule has 6 aromatic carbocycles. The number of amides is 2. The molecule has 8 heteroatoms. The van der Waals surface area contributed by atoms with Crippen molar-refractivity contribution in [2.75, 3.05) is 0 Å². The average molecular weight is 812 g/mol. The van der Waals surface area contributed by atoms with Crippen LogP contribution in [0.3, 0.4) is 0 Å². The zero-order valence-corrected chi connectivity index (χ0v) is 35.6. The number of halogens is 2. The van der Waals surface area contributed by atoms with E-state index in [9.17, 15) is 9.59 Å². The maximum atomic E-state index is 10.6. The Morgan fingerprint density at radius 1 is 0.615 bits per heavy atom. The molecule has 1 radical (unpaired) electrons. The number of rotatable bonds is 8. The molecule has 0 atom stereocenters. The number of carbonyl (C=O) groups excluding carboxylic acids is 2. The van der Waals surface area contributed by atoms with Crippen LogP contribution in [-0.2, 0) is 30.4 Å². The van der Waals surface area contributed by atoms with E-state index in [2.05, 4.69) is 161 Å². The number of hydrogen-bond acceptors (Lipinski definition) is 2. The molecule has 4 nitrogen and oxygen atoms in total. The van der Waals surface area contributed by atoms with Gasteiger partial charge in [-0.3, -0.25) is 9.59 Å². The summed E-state index contributed by atoms with van der Waals surface area (Å²) in [7, 11) is 11.1. The number of aryl methyl sites for hydroxylation is 2. The molecule has 0 saturated heterocycles. The maximum absolute atomic E-state index is 10.6. The van der Waals surface area contributed by atoms with Crippen LogP contribution in [0.5, 0.6) is 0 Å². The average Bonchev–Trinajstić information content (AvgIpc) is 3.79. The van der Waals surface area contributed by atoms with Gasteiger partial charge < -0.3 is 10.5 Å². The molecule has 0 spiro atoms. The molecule has 2 amide bonds. The first-order chi connectivity index (χ1) is 24.9. The van der Waals surface area contributed by atoms with E-state index in [1.54, 1.807) is 13.8 Å². The van der Waals surface area contributed by atoms with Crippen LogP contribution in [0, 0.1) is 13.8 Å². The van der Waals surface area contributed by atoms with Crippen molar-refractivity contribution >= 4 is 57.9 Å². The molecular formula is C44H50BCl2N2O2Zr. The van der Waals surface area contributed by atoms with Crippen LogP contribution in [0.1, 0.15) is 88.5 Å². The number of benzene rings is 4. The van der Waals surface area contributed by atoms with E-state index in [0.717, 1.165) is 0 Å². The summed E-state index contributed by atoms with van der Waals surface area (Å²) in [4.78, 5) is 21.2. The third-order valence-corrected chi connectivity index (χ3v) is 8.86. The summed E-state index contributed by atoms with van der Waals surface area (Å²) >= 11 is -0.826. The van der Waals surface area contributed by atoms with Crippen molar-refractivity contribution in [2.45, 2.75) is 80.1 Å². The molecular weight excluding hydrogens is 761 g/mol. The Morgan fingerprint density at radius 3 is 1.29 bits per heavy atom. The molecule has 0 heterocycles. The summed E-state index contributed by atoms with van der Waals surface area (Å²) in [6.45, 7) is 16.9. The van der Waals surface area contributed by atoms with Crippen LogP contribution in [0.15, 0.2) is 109 Å². The van der Waals surface area contributed by atoms with Gasteiger partial charge in [0.25, 0.3) is 0 Å². The molecule has 2 N–H and O–H groups in total. The Morgan fingerprint density at radius 2 is 0.962 bits per heavy atom. The predicted octanol–water partition coefficient (Wildman–Crippen LogP) is 12.3. The number of carbonyl (C=O) groups is 2. The fourth-order valence-corrected chi connectivity index (χ4v) is 5.80. The molecule has 52 heavy (non-hydrogen) atoms. The Labute approximate surface area is 330 Å². The Balaban J connectivity index is 0.000000210. The van der Waals surface area contributed by atoms with E-state index in [1.807, 2.05) is 0 Å². The van der Waals surface area contributed by atoms with Crippen molar-refractivity contribution < 1.29 is 30.4 Å². The zero-order chi connectivity index (χ0) is 38.2. The number of nitrogens with one attached hydrogen (secondary N) is 2. The first kappa shape index (κ1) is 43.0. The van der Waals surface area contributed by atoms with Crippen LogP contribution in [0.2, 0.25) is 0 Å². The van der Waals surface area contributed by atoms with Crippen LogP contribution in [0.4, 0.5) is 0 Å². The standard InChI is InChI=1S/2C19H19.C6H12BN2O2.2ClH.Zr/c2*1-13(2)16-11-15-8-6-10-18(19(15)12-16)17-9-5-4-7-14(17)3;1-3-5(10)8-7-9-6(11)4-2;;;/h2*4-13H,1-3H3;3-4H2,1-2H3,(H,8,10)(H,9,11);2*1H;/q2*-1;;;;+4/p-2. The molecule has 0 fully saturated rings. The van der Waals surface area contributed by atoms with Gasteiger partial charge >= 0.3 is 45.4 Å². The van der Waals surface area contributed by atoms with Crippen molar-refractivity contribution in [2.24, 2.45) is 0 Å². The van der Waals surface area contributed by atoms with Crippen molar-refractivity contribution in [3.8, 4) is 22.3 Å². The van der Waals surface area contributed by atoms with E-state index >= 15 is 0 Å². The molecule has 0 aliphatic heterocycles. The second kappa shape index (κ2) is 21.9. The Kier molecular flexibility index (Phi) is 18.1. The van der Waals surface area contributed by atoms with Crippen molar-refractivity contribution in [1.29, 1.82) is 0 Å². The van der Waals surface area contributed by atoms with E-state index in [-0.39, 0.29) is 11.8 Å². The third-order valence-electron chi connectivity index (χ3n) is 8.86. The molecule has 0 aromatic heterocycles. The van der Waals surface area contributed by atoms with Gasteiger partial charge in [0.05, 0.1) is 0 Å². The van der Waals surface area contributed by atoms with Gasteiger partial charge in [-0.1, -0.05) is 113 Å². The van der Waals surface area contributed by atoms with Gasteiger partial charge in [-0.2, -0.15) is 12.1 Å². The van der Waals surface area contributed by atoms with Gasteiger partial charge in [0.2, 0.25) is 11.8 Å². The van der Waals surface area contributed by atoms with Crippen LogP contribution < -0.4 is 10.5 Å². The monoisotopic (exact) mass is 809 g/mol. The summed E-state index contributed by atoms with van der Waals surface area (Å²) in [6.07, 6.45) is 0.830. The minimum absolute atomic E-state index is 0.110. The van der Waals surface area contributed by atoms with Crippen molar-refractivity contribution in [1.82, 2.24) is 10.5 Å².